The Morgan fingerprint density at radius 1 is 1.22 bits per heavy atom. The highest BCUT2D eigenvalue weighted by atomic mass is 79.9. The second kappa shape index (κ2) is 7.41. The van der Waals surface area contributed by atoms with Crippen molar-refractivity contribution < 1.29 is 18.0 Å². The van der Waals surface area contributed by atoms with Crippen molar-refractivity contribution in [1.82, 2.24) is 9.62 Å². The highest BCUT2D eigenvalue weighted by Gasteiger charge is 2.23. The van der Waals surface area contributed by atoms with Crippen LogP contribution in [0.5, 0.6) is 0 Å². The summed E-state index contributed by atoms with van der Waals surface area (Å²) in [5.74, 6) is -0.987. The van der Waals surface area contributed by atoms with Crippen LogP contribution in [-0.4, -0.2) is 44.8 Å². The maximum absolute atomic E-state index is 12.6. The fourth-order valence-corrected chi connectivity index (χ4v) is 3.79. The number of piperidine rings is 1. The van der Waals surface area contributed by atoms with Gasteiger partial charge in [0.1, 0.15) is 0 Å². The van der Waals surface area contributed by atoms with Crippen molar-refractivity contribution in [2.24, 2.45) is 5.73 Å². The molecule has 2 amide bonds. The van der Waals surface area contributed by atoms with E-state index in [-0.39, 0.29) is 16.4 Å². The van der Waals surface area contributed by atoms with E-state index in [1.165, 1.54) is 18.2 Å². The number of nitrogens with zero attached hydrogens (tertiary/aromatic N) is 1. The van der Waals surface area contributed by atoms with E-state index < -0.39 is 22.5 Å². The Labute approximate surface area is 143 Å². The molecule has 126 valence electrons. The van der Waals surface area contributed by atoms with Gasteiger partial charge in [-0.3, -0.25) is 9.59 Å². The molecule has 0 spiro atoms. The Kier molecular flexibility index (Phi) is 5.77. The summed E-state index contributed by atoms with van der Waals surface area (Å²) in [6, 6.07) is 4.18. The van der Waals surface area contributed by atoms with Gasteiger partial charge in [-0.1, -0.05) is 0 Å². The van der Waals surface area contributed by atoms with Crippen molar-refractivity contribution in [2.45, 2.75) is 24.2 Å². The summed E-state index contributed by atoms with van der Waals surface area (Å²) in [7, 11) is -3.90. The van der Waals surface area contributed by atoms with Gasteiger partial charge in [0.05, 0.1) is 17.0 Å². The van der Waals surface area contributed by atoms with E-state index in [2.05, 4.69) is 20.7 Å². The van der Waals surface area contributed by atoms with Gasteiger partial charge in [-0.15, -0.1) is 0 Å². The van der Waals surface area contributed by atoms with Gasteiger partial charge in [0.2, 0.25) is 15.9 Å². The van der Waals surface area contributed by atoms with Gasteiger partial charge in [-0.25, -0.2) is 13.1 Å². The SMILES string of the molecule is NC(=O)CNS(=O)(=O)c1ccc(Br)c(C(=O)N2CCCCC2)c1. The molecule has 1 aliphatic heterocycles. The first kappa shape index (κ1) is 17.9. The minimum absolute atomic E-state index is 0.0812. The topological polar surface area (TPSA) is 110 Å². The lowest BCUT2D eigenvalue weighted by molar-refractivity contribution is -0.116. The third kappa shape index (κ3) is 4.52. The van der Waals surface area contributed by atoms with Gasteiger partial charge in [0.25, 0.3) is 5.91 Å². The first-order chi connectivity index (χ1) is 10.8. The normalized spacial score (nSPS) is 15.4. The monoisotopic (exact) mass is 403 g/mol. The molecule has 2 rings (SSSR count). The van der Waals surface area contributed by atoms with Gasteiger partial charge in [0, 0.05) is 17.6 Å². The molecule has 1 saturated heterocycles. The predicted molar refractivity (Wildman–Crippen MR) is 88.3 cm³/mol. The molecular weight excluding hydrogens is 386 g/mol. The zero-order valence-corrected chi connectivity index (χ0v) is 14.8. The van der Waals surface area contributed by atoms with Crippen LogP contribution in [0.3, 0.4) is 0 Å². The lowest BCUT2D eigenvalue weighted by Crippen LogP contribution is -2.36. The smallest absolute Gasteiger partial charge is 0.255 e. The van der Waals surface area contributed by atoms with Crippen LogP contribution >= 0.6 is 15.9 Å². The molecule has 1 fully saturated rings. The highest BCUT2D eigenvalue weighted by Crippen LogP contribution is 2.24. The molecule has 0 atom stereocenters. The lowest BCUT2D eigenvalue weighted by Gasteiger charge is -2.27. The molecule has 3 N–H and O–H groups in total. The first-order valence-corrected chi connectivity index (χ1v) is 9.45. The molecular formula is C14H18BrN3O4S. The Hall–Kier alpha value is -1.45. The average Bonchev–Trinajstić information content (AvgIpc) is 2.53. The Bertz CT molecular complexity index is 715. The Morgan fingerprint density at radius 2 is 1.87 bits per heavy atom. The number of rotatable bonds is 5. The fourth-order valence-electron chi connectivity index (χ4n) is 2.35. The molecule has 0 radical (unpaired) electrons. The predicted octanol–water partition coefficient (Wildman–Crippen LogP) is 0.839. The minimum atomic E-state index is -3.90. The highest BCUT2D eigenvalue weighted by molar-refractivity contribution is 9.10. The molecule has 7 nitrogen and oxygen atoms in total. The van der Waals surface area contributed by atoms with Crippen LogP contribution in [0.25, 0.3) is 0 Å². The molecule has 1 aromatic rings. The molecule has 0 unspecified atom stereocenters. The van der Waals surface area contributed by atoms with Crippen molar-refractivity contribution in [3.63, 3.8) is 0 Å². The second-order valence-corrected chi connectivity index (χ2v) is 7.91. The summed E-state index contributed by atoms with van der Waals surface area (Å²) in [6.45, 7) is 0.845. The van der Waals surface area contributed by atoms with Crippen LogP contribution in [0.2, 0.25) is 0 Å². The fraction of sp³-hybridized carbons (Fsp3) is 0.429. The number of carbonyl (C=O) groups excluding carboxylic acids is 2. The van der Waals surface area contributed by atoms with Crippen molar-refractivity contribution in [1.29, 1.82) is 0 Å². The zero-order chi connectivity index (χ0) is 17.0. The van der Waals surface area contributed by atoms with Crippen molar-refractivity contribution >= 4 is 37.8 Å². The van der Waals surface area contributed by atoms with Crippen molar-refractivity contribution in [3.05, 3.63) is 28.2 Å². The molecule has 0 aliphatic carbocycles. The number of nitrogens with one attached hydrogen (secondary N) is 1. The van der Waals surface area contributed by atoms with Crippen LogP contribution in [0.4, 0.5) is 0 Å². The maximum Gasteiger partial charge on any atom is 0.255 e. The maximum atomic E-state index is 12.6. The summed E-state index contributed by atoms with van der Waals surface area (Å²) >= 11 is 3.29. The zero-order valence-electron chi connectivity index (χ0n) is 12.4. The van der Waals surface area contributed by atoms with Gasteiger partial charge in [-0.05, 0) is 53.4 Å². The summed E-state index contributed by atoms with van der Waals surface area (Å²) in [4.78, 5) is 25.0. The summed E-state index contributed by atoms with van der Waals surface area (Å²) in [6.07, 6.45) is 2.99. The number of primary amides is 1. The van der Waals surface area contributed by atoms with E-state index in [4.69, 9.17) is 5.73 Å². The van der Waals surface area contributed by atoms with Crippen molar-refractivity contribution in [3.8, 4) is 0 Å². The summed E-state index contributed by atoms with van der Waals surface area (Å²) in [5.41, 5.74) is 5.23. The van der Waals surface area contributed by atoms with E-state index in [1.807, 2.05) is 0 Å². The quantitative estimate of drug-likeness (QED) is 0.758. The van der Waals surface area contributed by atoms with Crippen molar-refractivity contribution in [2.75, 3.05) is 19.6 Å². The molecule has 1 aromatic carbocycles. The summed E-state index contributed by atoms with van der Waals surface area (Å²) in [5, 5.41) is 0. The van der Waals surface area contributed by atoms with E-state index in [0.29, 0.717) is 17.6 Å². The summed E-state index contributed by atoms with van der Waals surface area (Å²) < 4.78 is 26.9. The second-order valence-electron chi connectivity index (χ2n) is 5.29. The van der Waals surface area contributed by atoms with E-state index >= 15 is 0 Å². The number of hydrogen-bond donors (Lipinski definition) is 2. The number of hydrogen-bond acceptors (Lipinski definition) is 4. The molecule has 0 saturated carbocycles. The standard InChI is InChI=1S/C14H18BrN3O4S/c15-12-5-4-10(23(21,22)17-9-13(16)19)8-11(12)14(20)18-6-2-1-3-7-18/h4-5,8,17H,1-3,6-7,9H2,(H2,16,19). The van der Waals surface area contributed by atoms with Crippen LogP contribution in [0, 0.1) is 0 Å². The van der Waals surface area contributed by atoms with E-state index in [1.54, 1.807) is 4.90 Å². The molecule has 23 heavy (non-hydrogen) atoms. The van der Waals surface area contributed by atoms with E-state index in [9.17, 15) is 18.0 Å². The third-order valence-corrected chi connectivity index (χ3v) is 5.65. The van der Waals surface area contributed by atoms with Gasteiger partial charge < -0.3 is 10.6 Å². The number of likely N-dealkylation sites (tertiary alicyclic amines) is 1. The van der Waals surface area contributed by atoms with E-state index in [0.717, 1.165) is 19.3 Å². The number of benzene rings is 1. The molecule has 1 aliphatic rings. The van der Waals surface area contributed by atoms with Crippen LogP contribution in [-0.2, 0) is 14.8 Å². The van der Waals surface area contributed by atoms with Gasteiger partial charge in [-0.2, -0.15) is 0 Å². The molecule has 1 heterocycles. The number of amides is 2. The number of sulfonamides is 1. The molecule has 0 bridgehead atoms. The van der Waals surface area contributed by atoms with Crippen LogP contribution in [0.1, 0.15) is 29.6 Å². The minimum Gasteiger partial charge on any atom is -0.369 e. The van der Waals surface area contributed by atoms with Gasteiger partial charge >= 0.3 is 0 Å². The largest absolute Gasteiger partial charge is 0.369 e. The lowest BCUT2D eigenvalue weighted by atomic mass is 10.1. The average molecular weight is 404 g/mol. The molecule has 9 heteroatoms. The first-order valence-electron chi connectivity index (χ1n) is 7.18. The number of nitrogens with two attached hydrogens (primary N) is 1. The Balaban J connectivity index is 2.28. The number of halogens is 1. The third-order valence-electron chi connectivity index (χ3n) is 3.56. The van der Waals surface area contributed by atoms with Crippen LogP contribution in [0.15, 0.2) is 27.6 Å². The number of carbonyl (C=O) groups is 2. The van der Waals surface area contributed by atoms with Gasteiger partial charge in [0.15, 0.2) is 0 Å². The molecule has 0 aromatic heterocycles. The van der Waals surface area contributed by atoms with Crippen LogP contribution < -0.4 is 10.5 Å². The Morgan fingerprint density at radius 3 is 2.48 bits per heavy atom.